The molecule has 0 saturated carbocycles. The van der Waals surface area contributed by atoms with Crippen molar-refractivity contribution in [1.29, 1.82) is 0 Å². The number of halogens is 1. The molecule has 1 amide bonds. The number of amides is 1. The molecule has 27 heavy (non-hydrogen) atoms. The Bertz CT molecular complexity index is 910. The van der Waals surface area contributed by atoms with Crippen molar-refractivity contribution in [2.75, 3.05) is 20.3 Å². The predicted octanol–water partition coefficient (Wildman–Crippen LogP) is 3.42. The van der Waals surface area contributed by atoms with Crippen LogP contribution >= 0.6 is 11.6 Å². The number of aryl methyl sites for hydroxylation is 1. The Labute approximate surface area is 163 Å². The first-order chi connectivity index (χ1) is 13.2. The van der Waals surface area contributed by atoms with E-state index in [2.05, 4.69) is 14.9 Å². The van der Waals surface area contributed by atoms with Gasteiger partial charge in [0.2, 0.25) is 5.91 Å². The van der Waals surface area contributed by atoms with Gasteiger partial charge < -0.3 is 19.4 Å². The van der Waals surface area contributed by atoms with E-state index in [9.17, 15) is 4.79 Å². The zero-order valence-electron chi connectivity index (χ0n) is 15.2. The molecular formula is C20H22ClN3O3. The van der Waals surface area contributed by atoms with E-state index >= 15 is 0 Å². The third-order valence-corrected chi connectivity index (χ3v) is 4.39. The molecule has 0 radical (unpaired) electrons. The number of carbonyl (C=O) groups excluding carboxylic acids is 1. The van der Waals surface area contributed by atoms with Crippen molar-refractivity contribution >= 4 is 28.5 Å². The van der Waals surface area contributed by atoms with Crippen LogP contribution in [-0.4, -0.2) is 35.8 Å². The highest BCUT2D eigenvalue weighted by molar-refractivity contribution is 6.32. The van der Waals surface area contributed by atoms with Crippen LogP contribution in [-0.2, 0) is 22.6 Å². The van der Waals surface area contributed by atoms with E-state index in [-0.39, 0.29) is 12.5 Å². The smallest absolute Gasteiger partial charge is 0.246 e. The summed E-state index contributed by atoms with van der Waals surface area (Å²) in [7, 11) is 1.49. The molecule has 0 saturated heterocycles. The van der Waals surface area contributed by atoms with E-state index in [1.807, 2.05) is 42.5 Å². The van der Waals surface area contributed by atoms with Crippen LogP contribution in [0.15, 0.2) is 48.5 Å². The fraction of sp³-hybridized carbons (Fsp3) is 0.300. The van der Waals surface area contributed by atoms with Gasteiger partial charge >= 0.3 is 0 Å². The third-order valence-electron chi connectivity index (χ3n) is 4.07. The SMILES string of the molecule is COCC(=O)NCc1nc2ccccc2n1CCCOc1ccccc1Cl. The summed E-state index contributed by atoms with van der Waals surface area (Å²) in [5.41, 5.74) is 1.94. The maximum atomic E-state index is 11.7. The van der Waals surface area contributed by atoms with Gasteiger partial charge in [0, 0.05) is 13.7 Å². The highest BCUT2D eigenvalue weighted by atomic mass is 35.5. The van der Waals surface area contributed by atoms with Crippen molar-refractivity contribution < 1.29 is 14.3 Å². The summed E-state index contributed by atoms with van der Waals surface area (Å²) in [4.78, 5) is 16.3. The second kappa shape index (κ2) is 9.39. The topological polar surface area (TPSA) is 65.4 Å². The molecule has 142 valence electrons. The maximum Gasteiger partial charge on any atom is 0.246 e. The van der Waals surface area contributed by atoms with Crippen LogP contribution in [0.2, 0.25) is 5.02 Å². The number of hydrogen-bond donors (Lipinski definition) is 1. The number of ether oxygens (including phenoxy) is 2. The average molecular weight is 388 g/mol. The fourth-order valence-electron chi connectivity index (χ4n) is 2.84. The number of imidazole rings is 1. The second-order valence-electron chi connectivity index (χ2n) is 6.01. The molecule has 0 fully saturated rings. The van der Waals surface area contributed by atoms with Crippen LogP contribution in [0.4, 0.5) is 0 Å². The first kappa shape index (κ1) is 19.2. The minimum absolute atomic E-state index is 0.0336. The number of rotatable bonds is 9. The van der Waals surface area contributed by atoms with Gasteiger partial charge in [-0.05, 0) is 30.7 Å². The van der Waals surface area contributed by atoms with E-state index in [0.717, 1.165) is 29.8 Å². The molecular weight excluding hydrogens is 366 g/mol. The van der Waals surface area contributed by atoms with Crippen molar-refractivity contribution in [3.63, 3.8) is 0 Å². The summed E-state index contributed by atoms with van der Waals surface area (Å²) in [6, 6.07) is 15.3. The Kier molecular flexibility index (Phi) is 6.68. The van der Waals surface area contributed by atoms with Crippen LogP contribution in [0.25, 0.3) is 11.0 Å². The number of aromatic nitrogens is 2. The van der Waals surface area contributed by atoms with E-state index < -0.39 is 0 Å². The quantitative estimate of drug-likeness (QED) is 0.571. The van der Waals surface area contributed by atoms with Crippen LogP contribution in [0.1, 0.15) is 12.2 Å². The third kappa shape index (κ3) is 4.99. The average Bonchev–Trinajstić information content (AvgIpc) is 3.03. The molecule has 0 aliphatic carbocycles. The number of carbonyl (C=O) groups is 1. The number of fused-ring (bicyclic) bond motifs is 1. The highest BCUT2D eigenvalue weighted by Gasteiger charge is 2.11. The zero-order valence-corrected chi connectivity index (χ0v) is 15.9. The van der Waals surface area contributed by atoms with Gasteiger partial charge in [0.15, 0.2) is 0 Å². The van der Waals surface area contributed by atoms with Gasteiger partial charge in [0.05, 0.1) is 29.2 Å². The van der Waals surface area contributed by atoms with Crippen molar-refractivity contribution in [3.05, 3.63) is 59.4 Å². The normalized spacial score (nSPS) is 10.9. The van der Waals surface area contributed by atoms with E-state index in [1.54, 1.807) is 6.07 Å². The molecule has 0 unspecified atom stereocenters. The second-order valence-corrected chi connectivity index (χ2v) is 6.42. The van der Waals surface area contributed by atoms with Crippen LogP contribution in [0.5, 0.6) is 5.75 Å². The predicted molar refractivity (Wildman–Crippen MR) is 105 cm³/mol. The lowest BCUT2D eigenvalue weighted by molar-refractivity contribution is -0.124. The highest BCUT2D eigenvalue weighted by Crippen LogP contribution is 2.23. The molecule has 7 heteroatoms. The standard InChI is InChI=1S/C20H22ClN3O3/c1-26-14-20(25)22-13-19-23-16-8-3-4-9-17(16)24(19)11-6-12-27-18-10-5-2-7-15(18)21/h2-5,7-10H,6,11-14H2,1H3,(H,22,25). The minimum atomic E-state index is -0.168. The van der Waals surface area contributed by atoms with Crippen molar-refractivity contribution in [2.45, 2.75) is 19.5 Å². The number of para-hydroxylation sites is 3. The Hall–Kier alpha value is -2.57. The van der Waals surface area contributed by atoms with Gasteiger partial charge in [-0.2, -0.15) is 0 Å². The van der Waals surface area contributed by atoms with Gasteiger partial charge in [-0.1, -0.05) is 35.9 Å². The Morgan fingerprint density at radius 2 is 1.96 bits per heavy atom. The van der Waals surface area contributed by atoms with Gasteiger partial charge in [-0.3, -0.25) is 4.79 Å². The lowest BCUT2D eigenvalue weighted by Gasteiger charge is -2.11. The number of hydrogen-bond acceptors (Lipinski definition) is 4. The van der Waals surface area contributed by atoms with E-state index in [0.29, 0.717) is 23.9 Å². The Morgan fingerprint density at radius 1 is 1.19 bits per heavy atom. The van der Waals surface area contributed by atoms with Gasteiger partial charge in [0.1, 0.15) is 18.2 Å². The summed E-state index contributed by atoms with van der Waals surface area (Å²) in [6.45, 7) is 1.64. The minimum Gasteiger partial charge on any atom is -0.492 e. The molecule has 1 heterocycles. The number of benzene rings is 2. The lowest BCUT2D eigenvalue weighted by atomic mass is 10.3. The molecule has 3 rings (SSSR count). The van der Waals surface area contributed by atoms with Crippen molar-refractivity contribution in [2.24, 2.45) is 0 Å². The summed E-state index contributed by atoms with van der Waals surface area (Å²) < 4.78 is 12.7. The maximum absolute atomic E-state index is 11.7. The molecule has 0 aliphatic heterocycles. The van der Waals surface area contributed by atoms with Crippen LogP contribution in [0.3, 0.4) is 0 Å². The van der Waals surface area contributed by atoms with Gasteiger partial charge in [-0.15, -0.1) is 0 Å². The van der Waals surface area contributed by atoms with Crippen LogP contribution < -0.4 is 10.1 Å². The Morgan fingerprint density at radius 3 is 2.78 bits per heavy atom. The molecule has 0 atom stereocenters. The zero-order chi connectivity index (χ0) is 19.1. The number of nitrogens with zero attached hydrogens (tertiary/aromatic N) is 2. The summed E-state index contributed by atoms with van der Waals surface area (Å²) >= 11 is 6.11. The number of nitrogens with one attached hydrogen (secondary N) is 1. The first-order valence-electron chi connectivity index (χ1n) is 8.76. The largest absolute Gasteiger partial charge is 0.492 e. The van der Waals surface area contributed by atoms with E-state index in [1.165, 1.54) is 7.11 Å². The van der Waals surface area contributed by atoms with Gasteiger partial charge in [-0.25, -0.2) is 4.98 Å². The Balaban J connectivity index is 1.65. The summed E-state index contributed by atoms with van der Waals surface area (Å²) in [5.74, 6) is 1.32. The molecule has 3 aromatic rings. The van der Waals surface area contributed by atoms with Crippen molar-refractivity contribution in [1.82, 2.24) is 14.9 Å². The fourth-order valence-corrected chi connectivity index (χ4v) is 3.03. The number of methoxy groups -OCH3 is 1. The molecule has 1 N–H and O–H groups in total. The molecule has 1 aromatic heterocycles. The van der Waals surface area contributed by atoms with Crippen LogP contribution in [0, 0.1) is 0 Å². The molecule has 2 aromatic carbocycles. The van der Waals surface area contributed by atoms with Gasteiger partial charge in [0.25, 0.3) is 0 Å². The lowest BCUT2D eigenvalue weighted by Crippen LogP contribution is -2.28. The summed E-state index contributed by atoms with van der Waals surface area (Å²) in [5, 5.41) is 3.43. The molecule has 0 bridgehead atoms. The van der Waals surface area contributed by atoms with Crippen molar-refractivity contribution in [3.8, 4) is 5.75 Å². The summed E-state index contributed by atoms with van der Waals surface area (Å²) in [6.07, 6.45) is 0.782. The molecule has 0 aliphatic rings. The molecule has 0 spiro atoms. The first-order valence-corrected chi connectivity index (χ1v) is 9.14. The monoisotopic (exact) mass is 387 g/mol. The van der Waals surface area contributed by atoms with E-state index in [4.69, 9.17) is 21.1 Å². The molecule has 6 nitrogen and oxygen atoms in total.